The van der Waals surface area contributed by atoms with Crippen LogP contribution in [-0.2, 0) is 0 Å². The van der Waals surface area contributed by atoms with Gasteiger partial charge >= 0.3 is 11.5 Å². The highest BCUT2D eigenvalue weighted by molar-refractivity contribution is 8.00. The van der Waals surface area contributed by atoms with E-state index >= 15 is 0 Å². The molecule has 1 rings (SSSR count). The topological polar surface area (TPSA) is 62.2 Å². The molecule has 0 amide bonds. The summed E-state index contributed by atoms with van der Waals surface area (Å²) in [5, 5.41) is 11.3. The molecular formula is C9H9F3N2O2S. The molecule has 17 heavy (non-hydrogen) atoms. The lowest BCUT2D eigenvalue weighted by Gasteiger charge is -2.07. The Labute approximate surface area is 99.2 Å². The van der Waals surface area contributed by atoms with Crippen LogP contribution in [0.4, 0.5) is 18.9 Å². The molecule has 0 aromatic carbocycles. The van der Waals surface area contributed by atoms with Crippen molar-refractivity contribution in [3.05, 3.63) is 24.0 Å². The summed E-state index contributed by atoms with van der Waals surface area (Å²) in [6.07, 6.45) is 1.27. The van der Waals surface area contributed by atoms with E-state index in [0.29, 0.717) is 5.69 Å². The molecule has 0 bridgehead atoms. The Kier molecular flexibility index (Phi) is 4.62. The highest BCUT2D eigenvalue weighted by atomic mass is 32.2. The van der Waals surface area contributed by atoms with E-state index in [1.54, 1.807) is 0 Å². The first-order valence-corrected chi connectivity index (χ1v) is 5.51. The maximum Gasteiger partial charge on any atom is 0.441 e. The molecule has 4 nitrogen and oxygen atoms in total. The smallest absolute Gasteiger partial charge is 0.441 e. The molecule has 94 valence electrons. The van der Waals surface area contributed by atoms with Gasteiger partial charge in [-0.15, -0.1) is 0 Å². The Balaban J connectivity index is 2.35. The predicted octanol–water partition coefficient (Wildman–Crippen LogP) is 2.44. The lowest BCUT2D eigenvalue weighted by Crippen LogP contribution is -2.10. The summed E-state index contributed by atoms with van der Waals surface area (Å²) in [7, 11) is 0. The first kappa shape index (κ1) is 13.6. The van der Waals surface area contributed by atoms with Crippen molar-refractivity contribution in [2.75, 3.05) is 17.6 Å². The van der Waals surface area contributed by atoms with E-state index in [1.807, 2.05) is 0 Å². The molecule has 1 heterocycles. The van der Waals surface area contributed by atoms with Crippen LogP contribution in [0, 0.1) is 0 Å². The zero-order chi connectivity index (χ0) is 12.9. The van der Waals surface area contributed by atoms with E-state index in [1.165, 1.54) is 18.3 Å². The Bertz CT molecular complexity index is 381. The molecule has 0 aliphatic rings. The van der Waals surface area contributed by atoms with Crippen LogP contribution in [0.3, 0.4) is 0 Å². The minimum atomic E-state index is -4.23. The lowest BCUT2D eigenvalue weighted by atomic mass is 10.3. The number of halogens is 3. The van der Waals surface area contributed by atoms with Crippen molar-refractivity contribution >= 4 is 23.4 Å². The number of nitrogens with one attached hydrogen (secondary N) is 1. The third kappa shape index (κ3) is 5.43. The van der Waals surface area contributed by atoms with Crippen LogP contribution >= 0.6 is 11.8 Å². The van der Waals surface area contributed by atoms with Gasteiger partial charge in [0.25, 0.3) is 0 Å². The number of thioether (sulfide) groups is 1. The molecule has 0 aliphatic carbocycles. The Hall–Kier alpha value is -1.44. The first-order chi connectivity index (χ1) is 7.88. The molecule has 0 radical (unpaired) electrons. The molecule has 1 aromatic heterocycles. The number of rotatable bonds is 5. The zero-order valence-corrected chi connectivity index (χ0v) is 9.31. The molecule has 0 aliphatic heterocycles. The zero-order valence-electron chi connectivity index (χ0n) is 8.49. The van der Waals surface area contributed by atoms with E-state index in [9.17, 15) is 18.0 Å². The van der Waals surface area contributed by atoms with Gasteiger partial charge in [0.1, 0.15) is 5.69 Å². The molecule has 2 N–H and O–H groups in total. The number of anilines is 1. The standard InChI is InChI=1S/C9H9F3N2O2S/c10-9(11,12)17-4-3-13-6-1-2-7(8(15)16)14-5-6/h1-2,5,13H,3-4H2,(H,15,16). The van der Waals surface area contributed by atoms with Crippen molar-refractivity contribution in [1.29, 1.82) is 0 Å². The Morgan fingerprint density at radius 3 is 2.65 bits per heavy atom. The van der Waals surface area contributed by atoms with Crippen molar-refractivity contribution in [1.82, 2.24) is 4.98 Å². The van der Waals surface area contributed by atoms with Gasteiger partial charge in [-0.3, -0.25) is 0 Å². The molecule has 0 unspecified atom stereocenters. The van der Waals surface area contributed by atoms with Crippen molar-refractivity contribution in [2.24, 2.45) is 0 Å². The monoisotopic (exact) mass is 266 g/mol. The molecule has 1 aromatic rings. The number of hydrogen-bond donors (Lipinski definition) is 2. The second kappa shape index (κ2) is 5.76. The SMILES string of the molecule is O=C(O)c1ccc(NCCSC(F)(F)F)cn1. The number of alkyl halides is 3. The average Bonchev–Trinajstić information content (AvgIpc) is 2.24. The highest BCUT2D eigenvalue weighted by Gasteiger charge is 2.27. The van der Waals surface area contributed by atoms with E-state index in [4.69, 9.17) is 5.11 Å². The Morgan fingerprint density at radius 2 is 2.18 bits per heavy atom. The van der Waals surface area contributed by atoms with Crippen LogP contribution in [0.25, 0.3) is 0 Å². The average molecular weight is 266 g/mol. The summed E-state index contributed by atoms with van der Waals surface area (Å²) in [4.78, 5) is 14.1. The van der Waals surface area contributed by atoms with Crippen molar-refractivity contribution < 1.29 is 23.1 Å². The molecule has 0 saturated carbocycles. The minimum Gasteiger partial charge on any atom is -0.477 e. The van der Waals surface area contributed by atoms with Crippen molar-refractivity contribution in [2.45, 2.75) is 5.51 Å². The number of aromatic nitrogens is 1. The van der Waals surface area contributed by atoms with Crippen LogP contribution in [0.15, 0.2) is 18.3 Å². The van der Waals surface area contributed by atoms with Gasteiger partial charge in [0.15, 0.2) is 0 Å². The normalized spacial score (nSPS) is 11.2. The van der Waals surface area contributed by atoms with Gasteiger partial charge in [0.2, 0.25) is 0 Å². The maximum absolute atomic E-state index is 11.8. The summed E-state index contributed by atoms with van der Waals surface area (Å²) < 4.78 is 35.3. The van der Waals surface area contributed by atoms with Crippen LogP contribution in [0.5, 0.6) is 0 Å². The number of carboxylic acid groups (broad SMARTS) is 1. The molecular weight excluding hydrogens is 257 g/mol. The van der Waals surface area contributed by atoms with E-state index in [-0.39, 0.29) is 29.8 Å². The van der Waals surface area contributed by atoms with E-state index in [0.717, 1.165) is 0 Å². The number of hydrogen-bond acceptors (Lipinski definition) is 4. The predicted molar refractivity (Wildman–Crippen MR) is 58.2 cm³/mol. The number of carboxylic acids is 1. The van der Waals surface area contributed by atoms with Gasteiger partial charge in [-0.1, -0.05) is 0 Å². The number of pyridine rings is 1. The molecule has 0 saturated heterocycles. The van der Waals surface area contributed by atoms with Gasteiger partial charge in [0, 0.05) is 12.3 Å². The minimum absolute atomic E-state index is 0.111. The van der Waals surface area contributed by atoms with Crippen LogP contribution < -0.4 is 5.32 Å². The fourth-order valence-corrected chi connectivity index (χ4v) is 1.42. The van der Waals surface area contributed by atoms with Gasteiger partial charge in [-0.25, -0.2) is 9.78 Å². The van der Waals surface area contributed by atoms with Crippen LogP contribution in [0.1, 0.15) is 10.5 Å². The summed E-state index contributed by atoms with van der Waals surface area (Å²) in [6.45, 7) is 0.123. The van der Waals surface area contributed by atoms with Gasteiger partial charge < -0.3 is 10.4 Å². The first-order valence-electron chi connectivity index (χ1n) is 4.52. The lowest BCUT2D eigenvalue weighted by molar-refractivity contribution is -0.0327. The summed E-state index contributed by atoms with van der Waals surface area (Å²) in [5.41, 5.74) is -3.86. The van der Waals surface area contributed by atoms with Gasteiger partial charge in [0.05, 0.1) is 11.9 Å². The summed E-state index contributed by atoms with van der Waals surface area (Å²) in [6, 6.07) is 2.73. The summed E-state index contributed by atoms with van der Waals surface area (Å²) in [5.74, 6) is -1.27. The summed E-state index contributed by atoms with van der Waals surface area (Å²) >= 11 is -0.116. The quantitative estimate of drug-likeness (QED) is 0.801. The molecule has 0 atom stereocenters. The van der Waals surface area contributed by atoms with Gasteiger partial charge in [-0.2, -0.15) is 13.2 Å². The maximum atomic E-state index is 11.8. The molecule has 8 heteroatoms. The van der Waals surface area contributed by atoms with Gasteiger partial charge in [-0.05, 0) is 23.9 Å². The fraction of sp³-hybridized carbons (Fsp3) is 0.333. The largest absolute Gasteiger partial charge is 0.477 e. The van der Waals surface area contributed by atoms with E-state index in [2.05, 4.69) is 10.3 Å². The second-order valence-corrected chi connectivity index (χ2v) is 4.12. The number of carbonyl (C=O) groups is 1. The number of aromatic carboxylic acids is 1. The van der Waals surface area contributed by atoms with Crippen LogP contribution in [0.2, 0.25) is 0 Å². The highest BCUT2D eigenvalue weighted by Crippen LogP contribution is 2.29. The fourth-order valence-electron chi connectivity index (χ4n) is 0.987. The van der Waals surface area contributed by atoms with E-state index < -0.39 is 11.5 Å². The molecule has 0 spiro atoms. The third-order valence-corrected chi connectivity index (χ3v) is 2.42. The van der Waals surface area contributed by atoms with Crippen LogP contribution in [-0.4, -0.2) is 33.9 Å². The van der Waals surface area contributed by atoms with Crippen molar-refractivity contribution in [3.8, 4) is 0 Å². The molecule has 0 fully saturated rings. The third-order valence-electron chi connectivity index (χ3n) is 1.68. The van der Waals surface area contributed by atoms with Crippen molar-refractivity contribution in [3.63, 3.8) is 0 Å². The Morgan fingerprint density at radius 1 is 1.47 bits per heavy atom. The second-order valence-electron chi connectivity index (χ2n) is 2.96. The number of nitrogens with zero attached hydrogens (tertiary/aromatic N) is 1.